The predicted molar refractivity (Wildman–Crippen MR) is 96.9 cm³/mol. The van der Waals surface area contributed by atoms with Crippen molar-refractivity contribution in [2.45, 2.75) is 23.4 Å². The topological polar surface area (TPSA) is 49.4 Å². The highest BCUT2D eigenvalue weighted by molar-refractivity contribution is 7.90. The summed E-state index contributed by atoms with van der Waals surface area (Å²) in [4.78, 5) is 2.47. The van der Waals surface area contributed by atoms with Gasteiger partial charge in [0.25, 0.3) is 0 Å². The molecule has 1 saturated heterocycles. The molecule has 0 atom stereocenters. The molecule has 0 spiro atoms. The molecule has 1 aliphatic heterocycles. The molecule has 3 rings (SSSR count). The number of nitrogens with zero attached hydrogens (tertiary/aromatic N) is 1. The molecule has 0 bridgehead atoms. The van der Waals surface area contributed by atoms with Gasteiger partial charge in [0.1, 0.15) is 0 Å². The lowest BCUT2D eigenvalue weighted by atomic mass is 10.1. The first-order valence-corrected chi connectivity index (χ1v) is 10.3. The smallest absolute Gasteiger partial charge is 0.314 e. The minimum Gasteiger partial charge on any atom is -0.314 e. The number of sulfone groups is 1. The highest BCUT2D eigenvalue weighted by Gasteiger charge is 2.30. The van der Waals surface area contributed by atoms with Gasteiger partial charge in [0, 0.05) is 32.7 Å². The predicted octanol–water partition coefficient (Wildman–Crippen LogP) is 3.08. The van der Waals surface area contributed by atoms with Crippen molar-refractivity contribution in [3.8, 4) is 0 Å². The van der Waals surface area contributed by atoms with E-state index in [1.165, 1.54) is 12.1 Å². The van der Waals surface area contributed by atoms with Crippen LogP contribution < -0.4 is 5.32 Å². The van der Waals surface area contributed by atoms with E-state index in [9.17, 15) is 21.6 Å². The second kappa shape index (κ2) is 8.00. The van der Waals surface area contributed by atoms with E-state index < -0.39 is 21.6 Å². The van der Waals surface area contributed by atoms with E-state index in [1.54, 1.807) is 24.3 Å². The Hall–Kier alpha value is -1.90. The van der Waals surface area contributed by atoms with Crippen LogP contribution in [0.5, 0.6) is 0 Å². The molecule has 2 aromatic rings. The van der Waals surface area contributed by atoms with Gasteiger partial charge in [0.2, 0.25) is 0 Å². The molecular formula is C19H21F3N2O2S. The molecule has 0 unspecified atom stereocenters. The summed E-state index contributed by atoms with van der Waals surface area (Å²) in [5, 5.41) is 3.28. The second-order valence-corrected chi connectivity index (χ2v) is 8.61. The number of rotatable bonds is 5. The highest BCUT2D eigenvalue weighted by atomic mass is 32.2. The molecule has 1 fully saturated rings. The van der Waals surface area contributed by atoms with Gasteiger partial charge in [-0.3, -0.25) is 4.90 Å². The lowest BCUT2D eigenvalue weighted by molar-refractivity contribution is -0.137. The lowest BCUT2D eigenvalue weighted by Gasteiger charge is -2.27. The van der Waals surface area contributed by atoms with Crippen LogP contribution in [0.1, 0.15) is 16.7 Å². The maximum atomic E-state index is 12.6. The van der Waals surface area contributed by atoms with Crippen molar-refractivity contribution >= 4 is 9.84 Å². The Morgan fingerprint density at radius 2 is 1.44 bits per heavy atom. The minimum atomic E-state index is -4.43. The van der Waals surface area contributed by atoms with Crippen LogP contribution in [0.2, 0.25) is 0 Å². The molecular weight excluding hydrogens is 377 g/mol. The van der Waals surface area contributed by atoms with Crippen LogP contribution in [0.3, 0.4) is 0 Å². The third-order valence-electron chi connectivity index (χ3n) is 4.54. The standard InChI is InChI=1S/C19H21F3N2O2S/c20-19(21,22)17-5-1-16(2-6-17)14-27(25,26)18-7-3-15(4-8-18)13-24-11-9-23-10-12-24/h1-8,23H,9-14H2. The molecule has 146 valence electrons. The van der Waals surface area contributed by atoms with Crippen molar-refractivity contribution < 1.29 is 21.6 Å². The van der Waals surface area contributed by atoms with Gasteiger partial charge in [0.15, 0.2) is 9.84 Å². The van der Waals surface area contributed by atoms with Crippen LogP contribution in [-0.2, 0) is 28.3 Å². The molecule has 0 aliphatic carbocycles. The quantitative estimate of drug-likeness (QED) is 0.841. The van der Waals surface area contributed by atoms with Crippen molar-refractivity contribution in [3.05, 3.63) is 65.2 Å². The molecule has 0 saturated carbocycles. The van der Waals surface area contributed by atoms with Crippen LogP contribution in [0, 0.1) is 0 Å². The summed E-state index contributed by atoms with van der Waals surface area (Å²) in [5.74, 6) is -0.331. The Bertz CT molecular complexity index is 857. The highest BCUT2D eigenvalue weighted by Crippen LogP contribution is 2.29. The Morgan fingerprint density at radius 3 is 2.00 bits per heavy atom. The van der Waals surface area contributed by atoms with Crippen molar-refractivity contribution in [1.82, 2.24) is 10.2 Å². The van der Waals surface area contributed by atoms with E-state index in [4.69, 9.17) is 0 Å². The molecule has 8 heteroatoms. The third-order valence-corrected chi connectivity index (χ3v) is 6.24. The molecule has 27 heavy (non-hydrogen) atoms. The molecule has 2 aromatic carbocycles. The van der Waals surface area contributed by atoms with Crippen molar-refractivity contribution in [1.29, 1.82) is 0 Å². The van der Waals surface area contributed by atoms with Crippen LogP contribution in [0.4, 0.5) is 13.2 Å². The van der Waals surface area contributed by atoms with Crippen molar-refractivity contribution in [2.24, 2.45) is 0 Å². The van der Waals surface area contributed by atoms with Crippen LogP contribution in [0.15, 0.2) is 53.4 Å². The van der Waals surface area contributed by atoms with Crippen LogP contribution >= 0.6 is 0 Å². The van der Waals surface area contributed by atoms with E-state index in [-0.39, 0.29) is 10.6 Å². The Labute approximate surface area is 156 Å². The second-order valence-electron chi connectivity index (χ2n) is 6.62. The van der Waals surface area contributed by atoms with Gasteiger partial charge in [-0.2, -0.15) is 13.2 Å². The fraction of sp³-hybridized carbons (Fsp3) is 0.368. The average molecular weight is 398 g/mol. The normalized spacial score (nSPS) is 16.4. The van der Waals surface area contributed by atoms with Gasteiger partial charge in [-0.25, -0.2) is 8.42 Å². The van der Waals surface area contributed by atoms with E-state index in [0.29, 0.717) is 5.56 Å². The summed E-state index contributed by atoms with van der Waals surface area (Å²) >= 11 is 0. The first-order valence-electron chi connectivity index (χ1n) is 8.65. The molecule has 0 radical (unpaired) electrons. The van der Waals surface area contributed by atoms with Gasteiger partial charge in [-0.15, -0.1) is 0 Å². The SMILES string of the molecule is O=S(=O)(Cc1ccc(C(F)(F)F)cc1)c1ccc(CN2CCNCC2)cc1. The summed E-state index contributed by atoms with van der Waals surface area (Å²) in [7, 11) is -3.62. The van der Waals surface area contributed by atoms with Gasteiger partial charge in [-0.05, 0) is 35.4 Å². The van der Waals surface area contributed by atoms with Crippen LogP contribution in [-0.4, -0.2) is 39.5 Å². The van der Waals surface area contributed by atoms with E-state index in [2.05, 4.69) is 10.2 Å². The van der Waals surface area contributed by atoms with E-state index in [1.807, 2.05) is 0 Å². The number of alkyl halides is 3. The Kier molecular flexibility index (Phi) is 5.88. The third kappa shape index (κ3) is 5.31. The fourth-order valence-electron chi connectivity index (χ4n) is 3.02. The summed E-state index contributed by atoms with van der Waals surface area (Å²) in [6, 6.07) is 10.9. The van der Waals surface area contributed by atoms with Gasteiger partial charge >= 0.3 is 6.18 Å². The monoisotopic (exact) mass is 398 g/mol. The molecule has 4 nitrogen and oxygen atoms in total. The lowest BCUT2D eigenvalue weighted by Crippen LogP contribution is -2.42. The summed E-state index contributed by atoms with van der Waals surface area (Å²) in [5.41, 5.74) is 0.569. The van der Waals surface area contributed by atoms with E-state index >= 15 is 0 Å². The zero-order valence-corrected chi connectivity index (χ0v) is 15.5. The van der Waals surface area contributed by atoms with Crippen LogP contribution in [0.25, 0.3) is 0 Å². The number of benzene rings is 2. The summed E-state index contributed by atoms with van der Waals surface area (Å²) < 4.78 is 62.9. The molecule has 1 aliphatic rings. The maximum Gasteiger partial charge on any atom is 0.416 e. The number of piperazine rings is 1. The van der Waals surface area contributed by atoms with Gasteiger partial charge in [-0.1, -0.05) is 24.3 Å². The number of hydrogen-bond acceptors (Lipinski definition) is 4. The van der Waals surface area contributed by atoms with Crippen molar-refractivity contribution in [3.63, 3.8) is 0 Å². The summed E-state index contributed by atoms with van der Waals surface area (Å²) in [6.07, 6.45) is -4.43. The zero-order valence-electron chi connectivity index (χ0n) is 14.7. The first kappa shape index (κ1) is 19.9. The minimum absolute atomic E-state index is 0.173. The largest absolute Gasteiger partial charge is 0.416 e. The Balaban J connectivity index is 1.67. The first-order chi connectivity index (χ1) is 12.7. The van der Waals surface area contributed by atoms with Gasteiger partial charge < -0.3 is 5.32 Å². The Morgan fingerprint density at radius 1 is 0.889 bits per heavy atom. The molecule has 0 amide bonds. The van der Waals surface area contributed by atoms with Crippen molar-refractivity contribution in [2.75, 3.05) is 26.2 Å². The van der Waals surface area contributed by atoms with Gasteiger partial charge in [0.05, 0.1) is 16.2 Å². The number of hydrogen-bond donors (Lipinski definition) is 1. The number of nitrogens with one attached hydrogen (secondary N) is 1. The molecule has 0 aromatic heterocycles. The summed E-state index contributed by atoms with van der Waals surface area (Å²) in [6.45, 7) is 4.56. The fourth-order valence-corrected chi connectivity index (χ4v) is 4.37. The molecule has 1 heterocycles. The van der Waals surface area contributed by atoms with E-state index in [0.717, 1.165) is 50.4 Å². The average Bonchev–Trinajstić information content (AvgIpc) is 2.62. The molecule has 1 N–H and O–H groups in total. The zero-order chi connectivity index (χ0) is 19.5. The number of halogens is 3. The maximum absolute atomic E-state index is 12.6.